The van der Waals surface area contributed by atoms with Crippen LogP contribution in [0.5, 0.6) is 0 Å². The quantitative estimate of drug-likeness (QED) is 0.525. The van der Waals surface area contributed by atoms with Crippen molar-refractivity contribution in [2.45, 2.75) is 58.6 Å². The van der Waals surface area contributed by atoms with Gasteiger partial charge in [0.05, 0.1) is 30.8 Å². The minimum atomic E-state index is -3.65. The normalized spacial score (nSPS) is 12.0. The van der Waals surface area contributed by atoms with Crippen LogP contribution >= 0.6 is 0 Å². The molecule has 0 spiro atoms. The van der Waals surface area contributed by atoms with Crippen LogP contribution in [0.25, 0.3) is 0 Å². The maximum atomic E-state index is 13.2. The van der Waals surface area contributed by atoms with E-state index in [4.69, 9.17) is 4.74 Å². The predicted molar refractivity (Wildman–Crippen MR) is 121 cm³/mol. The molecule has 0 saturated heterocycles. The van der Waals surface area contributed by atoms with Gasteiger partial charge in [0.25, 0.3) is 0 Å². The number of sulfone groups is 1. The van der Waals surface area contributed by atoms with Gasteiger partial charge in [0.1, 0.15) is 0 Å². The second-order valence-electron chi connectivity index (χ2n) is 8.69. The molecule has 0 aliphatic rings. The summed E-state index contributed by atoms with van der Waals surface area (Å²) in [6.07, 6.45) is 1.58. The molecule has 0 unspecified atom stereocenters. The smallest absolute Gasteiger partial charge is 0.228 e. The molecule has 0 atom stereocenters. The van der Waals surface area contributed by atoms with Crippen molar-refractivity contribution in [3.63, 3.8) is 0 Å². The zero-order chi connectivity index (χ0) is 23.2. The molecule has 1 aromatic heterocycles. The fraction of sp³-hybridized carbons (Fsp3) is 0.565. The zero-order valence-corrected chi connectivity index (χ0v) is 20.3. The number of amides is 1. The molecule has 1 aromatic carbocycles. The number of rotatable bonds is 11. The second-order valence-corrected chi connectivity index (χ2v) is 10.6. The Morgan fingerprint density at radius 3 is 2.52 bits per heavy atom. The third-order valence-electron chi connectivity index (χ3n) is 4.89. The molecule has 8 heteroatoms. The van der Waals surface area contributed by atoms with E-state index in [1.54, 1.807) is 22.8 Å². The van der Waals surface area contributed by atoms with E-state index in [0.29, 0.717) is 31.9 Å². The van der Waals surface area contributed by atoms with Crippen LogP contribution in [0, 0.1) is 18.8 Å². The first-order valence-corrected chi connectivity index (χ1v) is 12.3. The van der Waals surface area contributed by atoms with E-state index < -0.39 is 9.84 Å². The van der Waals surface area contributed by atoms with Gasteiger partial charge in [-0.15, -0.1) is 0 Å². The van der Waals surface area contributed by atoms with Crippen molar-refractivity contribution in [2.75, 3.05) is 20.3 Å². The molecule has 0 fully saturated rings. The van der Waals surface area contributed by atoms with Gasteiger partial charge in [-0.25, -0.2) is 13.4 Å². The Hall–Kier alpha value is -2.19. The van der Waals surface area contributed by atoms with E-state index in [1.165, 1.54) is 0 Å². The Morgan fingerprint density at radius 1 is 1.23 bits per heavy atom. The molecule has 172 valence electrons. The number of imidazole rings is 1. The molecule has 2 aromatic rings. The van der Waals surface area contributed by atoms with Gasteiger partial charge in [0, 0.05) is 26.1 Å². The van der Waals surface area contributed by atoms with Gasteiger partial charge >= 0.3 is 0 Å². The van der Waals surface area contributed by atoms with E-state index in [-0.39, 0.29) is 28.7 Å². The first kappa shape index (κ1) is 25.1. The van der Waals surface area contributed by atoms with E-state index in [9.17, 15) is 13.2 Å². The van der Waals surface area contributed by atoms with Crippen LogP contribution < -0.4 is 0 Å². The Bertz CT molecular complexity index is 980. The number of benzene rings is 1. The molecule has 1 heterocycles. The topological polar surface area (TPSA) is 81.5 Å². The molecule has 7 nitrogen and oxygen atoms in total. The van der Waals surface area contributed by atoms with Crippen LogP contribution in [0.3, 0.4) is 0 Å². The maximum absolute atomic E-state index is 13.2. The van der Waals surface area contributed by atoms with Crippen molar-refractivity contribution in [1.29, 1.82) is 0 Å². The average molecular weight is 450 g/mol. The Kier molecular flexibility index (Phi) is 8.82. The standard InChI is InChI=1S/C23H35N3O4S/c1-17(2)14-26-21(15-25(10-11-30-6)22(27)18(3)4)13-24-23(26)31(28,29)16-20-9-7-8-19(5)12-20/h7-9,12-13,17-18H,10-11,14-16H2,1-6H3. The summed E-state index contributed by atoms with van der Waals surface area (Å²) < 4.78 is 33.4. The predicted octanol–water partition coefficient (Wildman–Crippen LogP) is 3.45. The Morgan fingerprint density at radius 2 is 1.94 bits per heavy atom. The van der Waals surface area contributed by atoms with Gasteiger partial charge in [0.2, 0.25) is 20.9 Å². The van der Waals surface area contributed by atoms with Crippen LogP contribution in [0.2, 0.25) is 0 Å². The van der Waals surface area contributed by atoms with Crippen molar-refractivity contribution in [2.24, 2.45) is 11.8 Å². The minimum Gasteiger partial charge on any atom is -0.383 e. The minimum absolute atomic E-state index is 0.00138. The lowest BCUT2D eigenvalue weighted by Crippen LogP contribution is -2.37. The fourth-order valence-electron chi connectivity index (χ4n) is 3.44. The molecule has 0 saturated carbocycles. The van der Waals surface area contributed by atoms with Gasteiger partial charge in [0.15, 0.2) is 0 Å². The van der Waals surface area contributed by atoms with Crippen molar-refractivity contribution >= 4 is 15.7 Å². The van der Waals surface area contributed by atoms with E-state index in [0.717, 1.165) is 11.1 Å². The highest BCUT2D eigenvalue weighted by Gasteiger charge is 2.26. The number of hydrogen-bond acceptors (Lipinski definition) is 5. The lowest BCUT2D eigenvalue weighted by atomic mass is 10.2. The highest BCUT2D eigenvalue weighted by molar-refractivity contribution is 7.90. The molecule has 0 radical (unpaired) electrons. The number of aryl methyl sites for hydroxylation is 1. The second kappa shape index (κ2) is 10.9. The first-order chi connectivity index (χ1) is 14.5. The summed E-state index contributed by atoms with van der Waals surface area (Å²) >= 11 is 0. The molecular formula is C23H35N3O4S. The van der Waals surface area contributed by atoms with Crippen LogP contribution in [0.4, 0.5) is 0 Å². The molecule has 0 aliphatic heterocycles. The van der Waals surface area contributed by atoms with E-state index >= 15 is 0 Å². The third kappa shape index (κ3) is 6.90. The molecule has 2 rings (SSSR count). The molecular weight excluding hydrogens is 414 g/mol. The SMILES string of the molecule is COCCN(Cc1cnc(S(=O)(=O)Cc2cccc(C)c2)n1CC(C)C)C(=O)C(C)C. The van der Waals surface area contributed by atoms with Crippen molar-refractivity contribution in [3.8, 4) is 0 Å². The summed E-state index contributed by atoms with van der Waals surface area (Å²) in [7, 11) is -2.06. The lowest BCUT2D eigenvalue weighted by molar-refractivity contribution is -0.135. The van der Waals surface area contributed by atoms with Gasteiger partial charge in [-0.1, -0.05) is 57.5 Å². The lowest BCUT2D eigenvalue weighted by Gasteiger charge is -2.25. The largest absolute Gasteiger partial charge is 0.383 e. The van der Waals surface area contributed by atoms with Crippen molar-refractivity contribution in [3.05, 3.63) is 47.3 Å². The summed E-state index contributed by atoms with van der Waals surface area (Å²) in [6.45, 7) is 11.4. The van der Waals surface area contributed by atoms with Gasteiger partial charge in [-0.05, 0) is 18.4 Å². The van der Waals surface area contributed by atoms with Gasteiger partial charge in [-0.2, -0.15) is 0 Å². The third-order valence-corrected chi connectivity index (χ3v) is 6.49. The maximum Gasteiger partial charge on any atom is 0.228 e. The summed E-state index contributed by atoms with van der Waals surface area (Å²) in [4.78, 5) is 18.7. The number of methoxy groups -OCH3 is 1. The first-order valence-electron chi connectivity index (χ1n) is 10.7. The molecule has 0 bridgehead atoms. The summed E-state index contributed by atoms with van der Waals surface area (Å²) in [5.74, 6) is -0.0582. The van der Waals surface area contributed by atoms with Crippen LogP contribution in [-0.2, 0) is 38.2 Å². The number of carbonyl (C=O) groups is 1. The van der Waals surface area contributed by atoms with Crippen LogP contribution in [0.15, 0.2) is 35.6 Å². The van der Waals surface area contributed by atoms with E-state index in [2.05, 4.69) is 4.98 Å². The van der Waals surface area contributed by atoms with Crippen molar-refractivity contribution < 1.29 is 17.9 Å². The molecule has 0 N–H and O–H groups in total. The summed E-state index contributed by atoms with van der Waals surface area (Å²) in [5, 5.41) is 0.0568. The number of hydrogen-bond donors (Lipinski definition) is 0. The summed E-state index contributed by atoms with van der Waals surface area (Å²) in [6, 6.07) is 7.49. The monoisotopic (exact) mass is 449 g/mol. The van der Waals surface area contributed by atoms with Crippen LogP contribution in [-0.4, -0.2) is 49.0 Å². The number of aromatic nitrogens is 2. The van der Waals surface area contributed by atoms with Gasteiger partial charge < -0.3 is 14.2 Å². The molecule has 0 aliphatic carbocycles. The molecule has 1 amide bonds. The van der Waals surface area contributed by atoms with Gasteiger partial charge in [-0.3, -0.25) is 4.79 Å². The van der Waals surface area contributed by atoms with Crippen molar-refractivity contribution in [1.82, 2.24) is 14.5 Å². The summed E-state index contributed by atoms with van der Waals surface area (Å²) in [5.41, 5.74) is 2.46. The number of carbonyl (C=O) groups excluding carboxylic acids is 1. The molecule has 31 heavy (non-hydrogen) atoms. The Balaban J connectivity index is 2.40. The number of nitrogens with zero attached hydrogens (tertiary/aromatic N) is 3. The van der Waals surface area contributed by atoms with E-state index in [1.807, 2.05) is 58.9 Å². The highest BCUT2D eigenvalue weighted by atomic mass is 32.2. The Labute approximate surface area is 186 Å². The average Bonchev–Trinajstić information content (AvgIpc) is 3.06. The highest BCUT2D eigenvalue weighted by Crippen LogP contribution is 2.21. The number of ether oxygens (including phenoxy) is 1. The fourth-order valence-corrected chi connectivity index (χ4v) is 4.93. The van der Waals surface area contributed by atoms with Crippen LogP contribution in [0.1, 0.15) is 44.5 Å². The zero-order valence-electron chi connectivity index (χ0n) is 19.5.